The van der Waals surface area contributed by atoms with Crippen LogP contribution in [-0.2, 0) is 16.1 Å². The van der Waals surface area contributed by atoms with E-state index in [4.69, 9.17) is 4.74 Å². The lowest BCUT2D eigenvalue weighted by molar-refractivity contribution is -0.941. The Hall–Kier alpha value is -1.61. The van der Waals surface area contributed by atoms with Crippen LogP contribution >= 0.6 is 0 Å². The first-order valence-corrected chi connectivity index (χ1v) is 8.74. The van der Waals surface area contributed by atoms with Crippen molar-refractivity contribution in [1.82, 2.24) is 0 Å². The molecule has 0 aliphatic carbocycles. The van der Waals surface area contributed by atoms with Crippen molar-refractivity contribution in [3.63, 3.8) is 0 Å². The van der Waals surface area contributed by atoms with Crippen molar-refractivity contribution in [2.24, 2.45) is 0 Å². The van der Waals surface area contributed by atoms with Crippen molar-refractivity contribution in [1.29, 1.82) is 0 Å². The van der Waals surface area contributed by atoms with Crippen LogP contribution in [0, 0.1) is 0 Å². The minimum Gasteiger partial charge on any atom is -0.462 e. The largest absolute Gasteiger partial charge is 0.462 e. The fraction of sp³-hybridized carbons (Fsp3) is 0.550. The molecule has 1 aromatic carbocycles. The van der Waals surface area contributed by atoms with Crippen LogP contribution in [0.1, 0.15) is 45.6 Å². The Morgan fingerprint density at radius 1 is 1.09 bits per heavy atom. The molecule has 128 valence electrons. The average molecular weight is 318 g/mol. The molecule has 0 radical (unpaired) electrons. The highest BCUT2D eigenvalue weighted by atomic mass is 16.5. The predicted molar refractivity (Wildman–Crippen MR) is 96.0 cm³/mol. The van der Waals surface area contributed by atoms with Crippen LogP contribution in [0.4, 0.5) is 0 Å². The molecule has 1 aromatic rings. The van der Waals surface area contributed by atoms with Gasteiger partial charge in [-0.3, -0.25) is 0 Å². The SMILES string of the molecule is C=C(C)C(=O)OCCC[N+](CCC)(CCC)Cc1ccccc1. The predicted octanol–water partition coefficient (Wildman–Crippen LogP) is 4.33. The summed E-state index contributed by atoms with van der Waals surface area (Å²) in [4.78, 5) is 11.5. The second-order valence-electron chi connectivity index (χ2n) is 6.43. The number of rotatable bonds is 11. The van der Waals surface area contributed by atoms with E-state index in [2.05, 4.69) is 50.8 Å². The van der Waals surface area contributed by atoms with Crippen LogP contribution < -0.4 is 0 Å². The minimum atomic E-state index is -0.280. The summed E-state index contributed by atoms with van der Waals surface area (Å²) >= 11 is 0. The molecule has 0 saturated heterocycles. The zero-order chi connectivity index (χ0) is 17.1. The first-order valence-electron chi connectivity index (χ1n) is 8.74. The van der Waals surface area contributed by atoms with Crippen molar-refractivity contribution in [3.8, 4) is 0 Å². The van der Waals surface area contributed by atoms with Gasteiger partial charge in [-0.2, -0.15) is 0 Å². The number of carbonyl (C=O) groups is 1. The van der Waals surface area contributed by atoms with Crippen LogP contribution in [0.25, 0.3) is 0 Å². The van der Waals surface area contributed by atoms with E-state index in [1.807, 2.05) is 0 Å². The fourth-order valence-corrected chi connectivity index (χ4v) is 3.18. The van der Waals surface area contributed by atoms with Gasteiger partial charge in [0.1, 0.15) is 6.54 Å². The van der Waals surface area contributed by atoms with Crippen molar-refractivity contribution in [3.05, 3.63) is 48.0 Å². The second kappa shape index (κ2) is 10.2. The molecule has 0 unspecified atom stereocenters. The molecular weight excluding hydrogens is 286 g/mol. The van der Waals surface area contributed by atoms with Crippen molar-refractivity contribution < 1.29 is 14.0 Å². The quantitative estimate of drug-likeness (QED) is 0.263. The second-order valence-corrected chi connectivity index (χ2v) is 6.43. The zero-order valence-corrected chi connectivity index (χ0v) is 15.0. The first kappa shape index (κ1) is 19.4. The Morgan fingerprint density at radius 2 is 1.70 bits per heavy atom. The summed E-state index contributed by atoms with van der Waals surface area (Å²) < 4.78 is 6.33. The topological polar surface area (TPSA) is 26.3 Å². The van der Waals surface area contributed by atoms with Gasteiger partial charge in [0.05, 0.1) is 26.2 Å². The third-order valence-corrected chi connectivity index (χ3v) is 4.12. The Morgan fingerprint density at radius 3 is 2.22 bits per heavy atom. The van der Waals surface area contributed by atoms with Crippen molar-refractivity contribution in [2.75, 3.05) is 26.2 Å². The van der Waals surface area contributed by atoms with Gasteiger partial charge in [0.15, 0.2) is 0 Å². The minimum absolute atomic E-state index is 0.280. The van der Waals surface area contributed by atoms with E-state index in [-0.39, 0.29) is 5.97 Å². The summed E-state index contributed by atoms with van der Waals surface area (Å²) in [6.45, 7) is 14.7. The summed E-state index contributed by atoms with van der Waals surface area (Å²) in [5, 5.41) is 0. The Bertz CT molecular complexity index is 476. The number of hydrogen-bond acceptors (Lipinski definition) is 2. The maximum Gasteiger partial charge on any atom is 0.333 e. The van der Waals surface area contributed by atoms with Crippen LogP contribution in [0.5, 0.6) is 0 Å². The third-order valence-electron chi connectivity index (χ3n) is 4.12. The Kier molecular flexibility index (Phi) is 8.64. The van der Waals surface area contributed by atoms with Crippen LogP contribution in [0.3, 0.4) is 0 Å². The van der Waals surface area contributed by atoms with Gasteiger partial charge in [-0.1, -0.05) is 50.8 Å². The molecule has 0 heterocycles. The van der Waals surface area contributed by atoms with Gasteiger partial charge in [0.2, 0.25) is 0 Å². The molecule has 0 bridgehead atoms. The number of nitrogens with zero attached hydrogens (tertiary/aromatic N) is 1. The molecule has 23 heavy (non-hydrogen) atoms. The molecule has 0 atom stereocenters. The summed E-state index contributed by atoms with van der Waals surface area (Å²) in [6, 6.07) is 10.7. The number of esters is 1. The molecule has 0 aromatic heterocycles. The Labute approximate surface area is 141 Å². The van der Waals surface area contributed by atoms with Gasteiger partial charge in [0, 0.05) is 17.6 Å². The van der Waals surface area contributed by atoms with E-state index in [0.29, 0.717) is 12.2 Å². The van der Waals surface area contributed by atoms with Gasteiger partial charge in [-0.25, -0.2) is 4.79 Å². The lowest BCUT2D eigenvalue weighted by Gasteiger charge is -2.39. The maximum absolute atomic E-state index is 11.5. The van der Waals surface area contributed by atoms with E-state index >= 15 is 0 Å². The molecule has 0 amide bonds. The highest BCUT2D eigenvalue weighted by Gasteiger charge is 2.25. The summed E-state index contributed by atoms with van der Waals surface area (Å²) in [5.74, 6) is -0.280. The number of carbonyl (C=O) groups excluding carboxylic acids is 1. The standard InChI is InChI=1S/C20H32NO2/c1-5-13-21(14-6-2,17-19-11-8-7-9-12-19)15-10-16-23-20(22)18(3)4/h7-9,11-12H,3,5-6,10,13-17H2,1-2,4H3/q+1. The van der Waals surface area contributed by atoms with E-state index < -0.39 is 0 Å². The molecule has 0 spiro atoms. The van der Waals surface area contributed by atoms with E-state index in [0.717, 1.165) is 37.1 Å². The first-order chi connectivity index (χ1) is 11.0. The van der Waals surface area contributed by atoms with Crippen molar-refractivity contribution >= 4 is 5.97 Å². The molecule has 0 aliphatic rings. The highest BCUT2D eigenvalue weighted by Crippen LogP contribution is 2.18. The number of benzene rings is 1. The van der Waals surface area contributed by atoms with E-state index in [9.17, 15) is 4.79 Å². The van der Waals surface area contributed by atoms with Gasteiger partial charge in [-0.05, 0) is 19.8 Å². The van der Waals surface area contributed by atoms with Crippen LogP contribution in [-0.4, -0.2) is 36.7 Å². The van der Waals surface area contributed by atoms with Gasteiger partial charge < -0.3 is 9.22 Å². The molecule has 0 fully saturated rings. The maximum atomic E-state index is 11.5. The molecule has 0 aliphatic heterocycles. The monoisotopic (exact) mass is 318 g/mol. The molecule has 3 heteroatoms. The Balaban J connectivity index is 2.66. The fourth-order valence-electron chi connectivity index (χ4n) is 3.18. The molecule has 3 nitrogen and oxygen atoms in total. The van der Waals surface area contributed by atoms with Gasteiger partial charge in [0.25, 0.3) is 0 Å². The number of ether oxygens (including phenoxy) is 1. The van der Waals surface area contributed by atoms with Gasteiger partial charge in [-0.15, -0.1) is 0 Å². The van der Waals surface area contributed by atoms with Crippen LogP contribution in [0.2, 0.25) is 0 Å². The average Bonchev–Trinajstić information content (AvgIpc) is 2.52. The third kappa shape index (κ3) is 7.00. The molecule has 0 saturated carbocycles. The molecular formula is C20H32NO2+. The zero-order valence-electron chi connectivity index (χ0n) is 15.0. The summed E-state index contributed by atoms with van der Waals surface area (Å²) in [7, 11) is 0. The van der Waals surface area contributed by atoms with E-state index in [1.165, 1.54) is 18.4 Å². The number of quaternary nitrogens is 1. The summed E-state index contributed by atoms with van der Waals surface area (Å²) in [5.41, 5.74) is 1.85. The highest BCUT2D eigenvalue weighted by molar-refractivity contribution is 5.86. The number of hydrogen-bond donors (Lipinski definition) is 0. The van der Waals surface area contributed by atoms with Gasteiger partial charge >= 0.3 is 5.97 Å². The van der Waals surface area contributed by atoms with E-state index in [1.54, 1.807) is 6.92 Å². The lowest BCUT2D eigenvalue weighted by atomic mass is 10.1. The summed E-state index contributed by atoms with van der Waals surface area (Å²) in [6.07, 6.45) is 3.22. The van der Waals surface area contributed by atoms with Crippen LogP contribution in [0.15, 0.2) is 42.5 Å². The lowest BCUT2D eigenvalue weighted by Crippen LogP contribution is -2.49. The smallest absolute Gasteiger partial charge is 0.333 e. The van der Waals surface area contributed by atoms with Crippen molar-refractivity contribution in [2.45, 2.75) is 46.6 Å². The normalized spacial score (nSPS) is 11.3. The molecule has 1 rings (SSSR count). The molecule has 0 N–H and O–H groups in total.